The maximum atomic E-state index is 11.9. The molecule has 1 unspecified atom stereocenters. The molecule has 8 heteroatoms. The molecule has 0 bridgehead atoms. The monoisotopic (exact) mass is 458 g/mol. The van der Waals surface area contributed by atoms with Crippen LogP contribution in [0.3, 0.4) is 0 Å². The predicted octanol–water partition coefficient (Wildman–Crippen LogP) is 4.53. The first-order valence-electron chi connectivity index (χ1n) is 11.6. The number of pyridine rings is 1. The fourth-order valence-corrected chi connectivity index (χ4v) is 4.67. The number of aromatic amines is 1. The highest BCUT2D eigenvalue weighted by Gasteiger charge is 2.32. The maximum absolute atomic E-state index is 11.9. The first-order valence-corrected chi connectivity index (χ1v) is 11.6. The molecule has 0 spiro atoms. The zero-order valence-electron chi connectivity index (χ0n) is 20.1. The number of nitrogens with one attached hydrogen (secondary N) is 2. The molecule has 1 aromatic carbocycles. The van der Waals surface area contributed by atoms with E-state index in [1.54, 1.807) is 7.11 Å². The van der Waals surface area contributed by atoms with Crippen molar-refractivity contribution in [3.05, 3.63) is 59.5 Å². The van der Waals surface area contributed by atoms with Crippen LogP contribution in [0.2, 0.25) is 0 Å². The van der Waals surface area contributed by atoms with E-state index in [2.05, 4.69) is 47.3 Å². The minimum atomic E-state index is -0.0611. The van der Waals surface area contributed by atoms with Crippen molar-refractivity contribution in [3.8, 4) is 11.3 Å². The number of amides is 1. The quantitative estimate of drug-likeness (QED) is 0.424. The largest absolute Gasteiger partial charge is 0.384 e. The SMILES string of the molecule is COCCC(=O)Nc1ccc(C(C)n2cc3cc(-c4n[nH]c5c4CC(C)(C)C5)cnc3n2)cc1. The van der Waals surface area contributed by atoms with E-state index in [1.165, 1.54) is 11.3 Å². The van der Waals surface area contributed by atoms with E-state index in [9.17, 15) is 4.79 Å². The Morgan fingerprint density at radius 3 is 2.82 bits per heavy atom. The molecule has 0 saturated heterocycles. The summed E-state index contributed by atoms with van der Waals surface area (Å²) in [6.07, 6.45) is 6.28. The van der Waals surface area contributed by atoms with Gasteiger partial charge in [-0.25, -0.2) is 4.98 Å². The second-order valence-electron chi connectivity index (χ2n) is 9.88. The summed E-state index contributed by atoms with van der Waals surface area (Å²) < 4.78 is 6.89. The highest BCUT2D eigenvalue weighted by atomic mass is 16.5. The summed E-state index contributed by atoms with van der Waals surface area (Å²) in [5, 5.41) is 16.4. The molecule has 4 aromatic rings. The minimum absolute atomic E-state index is 0.0197. The number of methoxy groups -OCH3 is 1. The van der Waals surface area contributed by atoms with Crippen LogP contribution in [0.1, 0.15) is 50.1 Å². The molecule has 1 aliphatic rings. The summed E-state index contributed by atoms with van der Waals surface area (Å²) in [5.74, 6) is -0.0611. The zero-order valence-corrected chi connectivity index (χ0v) is 20.1. The molecule has 0 radical (unpaired) electrons. The molecule has 1 atom stereocenters. The van der Waals surface area contributed by atoms with Crippen molar-refractivity contribution >= 4 is 22.6 Å². The van der Waals surface area contributed by atoms with Crippen molar-refractivity contribution < 1.29 is 9.53 Å². The fraction of sp³-hybridized carbons (Fsp3) is 0.385. The Labute approximate surface area is 198 Å². The third kappa shape index (κ3) is 4.33. The standard InChI is InChI=1S/C26H30N6O2/c1-16(17-5-7-20(8-6-17)28-23(33)9-10-34-4)32-15-19-11-18(14-27-25(19)31-32)24-21-12-26(2,3)13-22(21)29-30-24/h5-8,11,14-16H,9-10,12-13H2,1-4H3,(H,28,33)(H,29,30). The lowest BCUT2D eigenvalue weighted by atomic mass is 9.90. The summed E-state index contributed by atoms with van der Waals surface area (Å²) in [5.41, 5.74) is 7.40. The van der Waals surface area contributed by atoms with E-state index in [0.717, 1.165) is 40.7 Å². The maximum Gasteiger partial charge on any atom is 0.226 e. The number of hydrogen-bond acceptors (Lipinski definition) is 5. The Balaban J connectivity index is 1.35. The first-order chi connectivity index (χ1) is 16.3. The molecular formula is C26H30N6O2. The van der Waals surface area contributed by atoms with E-state index >= 15 is 0 Å². The Morgan fingerprint density at radius 1 is 1.26 bits per heavy atom. The van der Waals surface area contributed by atoms with Crippen molar-refractivity contribution in [3.63, 3.8) is 0 Å². The summed E-state index contributed by atoms with van der Waals surface area (Å²) in [6, 6.07) is 9.99. The number of carbonyl (C=O) groups is 1. The summed E-state index contributed by atoms with van der Waals surface area (Å²) in [4.78, 5) is 16.5. The number of rotatable bonds is 7. The van der Waals surface area contributed by atoms with Gasteiger partial charge in [-0.2, -0.15) is 10.2 Å². The number of benzene rings is 1. The average Bonchev–Trinajstić information content (AvgIpc) is 3.48. The lowest BCUT2D eigenvalue weighted by molar-refractivity contribution is -0.117. The summed E-state index contributed by atoms with van der Waals surface area (Å²) in [7, 11) is 1.59. The van der Waals surface area contributed by atoms with Gasteiger partial charge in [0.2, 0.25) is 5.91 Å². The molecule has 3 aromatic heterocycles. The van der Waals surface area contributed by atoms with Crippen LogP contribution >= 0.6 is 0 Å². The van der Waals surface area contributed by atoms with Crippen LogP contribution in [0, 0.1) is 5.41 Å². The number of nitrogens with zero attached hydrogens (tertiary/aromatic N) is 4. The van der Waals surface area contributed by atoms with E-state index in [0.29, 0.717) is 18.7 Å². The Morgan fingerprint density at radius 2 is 2.06 bits per heavy atom. The Bertz CT molecular complexity index is 1340. The van der Waals surface area contributed by atoms with E-state index in [4.69, 9.17) is 9.84 Å². The molecule has 0 fully saturated rings. The van der Waals surface area contributed by atoms with E-state index in [1.807, 2.05) is 41.3 Å². The van der Waals surface area contributed by atoms with Crippen molar-refractivity contribution in [2.75, 3.05) is 19.0 Å². The van der Waals surface area contributed by atoms with Gasteiger partial charge in [-0.3, -0.25) is 14.6 Å². The second kappa shape index (κ2) is 8.68. The highest BCUT2D eigenvalue weighted by molar-refractivity contribution is 5.90. The molecule has 3 heterocycles. The summed E-state index contributed by atoms with van der Waals surface area (Å²) in [6.45, 7) is 7.09. The lowest BCUT2D eigenvalue weighted by Gasteiger charge is -2.15. The van der Waals surface area contributed by atoms with Crippen LogP contribution in [0.15, 0.2) is 42.7 Å². The number of aromatic nitrogens is 5. The molecule has 176 valence electrons. The third-order valence-corrected chi connectivity index (χ3v) is 6.52. The van der Waals surface area contributed by atoms with Crippen molar-refractivity contribution in [2.24, 2.45) is 5.41 Å². The van der Waals surface area contributed by atoms with Crippen molar-refractivity contribution in [1.29, 1.82) is 0 Å². The zero-order chi connectivity index (χ0) is 23.9. The Kier molecular flexibility index (Phi) is 5.69. The smallest absolute Gasteiger partial charge is 0.226 e. The van der Waals surface area contributed by atoms with Gasteiger partial charge >= 0.3 is 0 Å². The van der Waals surface area contributed by atoms with Crippen LogP contribution < -0.4 is 5.32 Å². The van der Waals surface area contributed by atoms with Crippen molar-refractivity contribution in [2.45, 2.75) is 46.1 Å². The topological polar surface area (TPSA) is 97.7 Å². The van der Waals surface area contributed by atoms with E-state index < -0.39 is 0 Å². The number of H-pyrrole nitrogens is 1. The molecule has 1 amide bonds. The van der Waals surface area contributed by atoms with Crippen LogP contribution in [-0.2, 0) is 22.4 Å². The molecule has 5 rings (SSSR count). The average molecular weight is 459 g/mol. The molecule has 8 nitrogen and oxygen atoms in total. The van der Waals surface area contributed by atoms with Gasteiger partial charge in [-0.1, -0.05) is 26.0 Å². The van der Waals surface area contributed by atoms with Gasteiger partial charge in [0.25, 0.3) is 0 Å². The second-order valence-corrected chi connectivity index (χ2v) is 9.88. The number of ether oxygens (including phenoxy) is 1. The number of hydrogen-bond donors (Lipinski definition) is 2. The van der Waals surface area contributed by atoms with Crippen LogP contribution in [0.25, 0.3) is 22.3 Å². The van der Waals surface area contributed by atoms with Crippen molar-refractivity contribution in [1.82, 2.24) is 25.0 Å². The summed E-state index contributed by atoms with van der Waals surface area (Å²) >= 11 is 0. The fourth-order valence-electron chi connectivity index (χ4n) is 4.67. The van der Waals surface area contributed by atoms with Gasteiger partial charge in [0.05, 0.1) is 24.8 Å². The molecule has 34 heavy (non-hydrogen) atoms. The van der Waals surface area contributed by atoms with Gasteiger partial charge < -0.3 is 10.1 Å². The highest BCUT2D eigenvalue weighted by Crippen LogP contribution is 2.40. The molecule has 0 aliphatic heterocycles. The number of fused-ring (bicyclic) bond motifs is 2. The van der Waals surface area contributed by atoms with Gasteiger partial charge in [0, 0.05) is 47.4 Å². The lowest BCUT2D eigenvalue weighted by Crippen LogP contribution is -2.13. The molecule has 0 saturated carbocycles. The van der Waals surface area contributed by atoms with Gasteiger partial charge in [0.15, 0.2) is 5.65 Å². The minimum Gasteiger partial charge on any atom is -0.384 e. The Hall–Kier alpha value is -3.52. The van der Waals surface area contributed by atoms with E-state index in [-0.39, 0.29) is 17.4 Å². The number of anilines is 1. The molecule has 1 aliphatic carbocycles. The van der Waals surface area contributed by atoms with Crippen LogP contribution in [-0.4, -0.2) is 44.6 Å². The molecule has 2 N–H and O–H groups in total. The first kappa shape index (κ1) is 22.3. The normalized spacial score (nSPS) is 15.4. The van der Waals surface area contributed by atoms with Gasteiger partial charge in [0.1, 0.15) is 0 Å². The van der Waals surface area contributed by atoms with Crippen LogP contribution in [0.5, 0.6) is 0 Å². The van der Waals surface area contributed by atoms with Gasteiger partial charge in [-0.05, 0) is 48.9 Å². The van der Waals surface area contributed by atoms with Crippen LogP contribution in [0.4, 0.5) is 5.69 Å². The number of carbonyl (C=O) groups excluding carboxylic acids is 1. The predicted molar refractivity (Wildman–Crippen MR) is 132 cm³/mol. The van der Waals surface area contributed by atoms with Gasteiger partial charge in [-0.15, -0.1) is 0 Å². The molecular weight excluding hydrogens is 428 g/mol. The third-order valence-electron chi connectivity index (χ3n) is 6.52.